The molecule has 2 rings (SSSR count). The molecule has 4 N–H and O–H groups in total. The van der Waals surface area contributed by atoms with Gasteiger partial charge in [-0.25, -0.2) is 13.2 Å². The van der Waals surface area contributed by atoms with Gasteiger partial charge in [0.15, 0.2) is 9.84 Å². The zero-order valence-corrected chi connectivity index (χ0v) is 25.9. The zero-order chi connectivity index (χ0) is 33.1. The number of carbonyl (C=O) groups is 5. The fraction of sp³-hybridized carbons (Fsp3) is 0.517. The summed E-state index contributed by atoms with van der Waals surface area (Å²) in [6.07, 6.45) is 0.897. The minimum Gasteiger partial charge on any atom is -0.481 e. The highest BCUT2D eigenvalue weighted by molar-refractivity contribution is 7.93. The van der Waals surface area contributed by atoms with E-state index in [0.717, 1.165) is 11.7 Å². The Kier molecular flexibility index (Phi) is 12.9. The van der Waals surface area contributed by atoms with E-state index in [-0.39, 0.29) is 26.0 Å². The number of nitrogens with one attached hydrogen (secondary N) is 3. The lowest BCUT2D eigenvalue weighted by atomic mass is 9.85. The normalized spacial score (nSPS) is 17.2. The Bertz CT molecular complexity index is 1380. The first-order chi connectivity index (χ1) is 20.5. The van der Waals surface area contributed by atoms with Crippen molar-refractivity contribution < 1.29 is 42.2 Å². The van der Waals surface area contributed by atoms with E-state index >= 15 is 0 Å². The highest BCUT2D eigenvalue weighted by Gasteiger charge is 2.43. The third-order valence-corrected chi connectivity index (χ3v) is 7.29. The van der Waals surface area contributed by atoms with E-state index in [9.17, 15) is 37.5 Å². The van der Waals surface area contributed by atoms with Crippen molar-refractivity contribution in [2.24, 2.45) is 5.41 Å². The quantitative estimate of drug-likeness (QED) is 0.244. The molecule has 0 spiro atoms. The molecule has 0 saturated carbocycles. The summed E-state index contributed by atoms with van der Waals surface area (Å²) < 4.78 is 28.1. The van der Waals surface area contributed by atoms with Gasteiger partial charge in [0.25, 0.3) is 0 Å². The predicted octanol–water partition coefficient (Wildman–Crippen LogP) is 1.23. The molecule has 1 aliphatic heterocycles. The molecule has 0 aromatic heterocycles. The third kappa shape index (κ3) is 11.7. The van der Waals surface area contributed by atoms with Crippen molar-refractivity contribution in [2.75, 3.05) is 12.8 Å². The molecule has 4 amide bonds. The van der Waals surface area contributed by atoms with Crippen LogP contribution in [0.1, 0.15) is 52.0 Å². The summed E-state index contributed by atoms with van der Waals surface area (Å²) in [6, 6.07) is 5.93. The molecule has 0 bridgehead atoms. The van der Waals surface area contributed by atoms with E-state index in [1.54, 1.807) is 51.1 Å². The van der Waals surface area contributed by atoms with E-state index in [4.69, 9.17) is 10.00 Å². The number of carboxylic acid groups (broad SMARTS) is 1. The number of rotatable bonds is 13. The molecule has 44 heavy (non-hydrogen) atoms. The average molecular weight is 634 g/mol. The number of amides is 4. The van der Waals surface area contributed by atoms with Crippen LogP contribution in [0.5, 0.6) is 0 Å². The van der Waals surface area contributed by atoms with Gasteiger partial charge in [-0.3, -0.25) is 19.2 Å². The van der Waals surface area contributed by atoms with Crippen molar-refractivity contribution in [3.05, 3.63) is 47.4 Å². The number of aliphatic carboxylic acids is 1. The van der Waals surface area contributed by atoms with E-state index < -0.39 is 75.6 Å². The summed E-state index contributed by atoms with van der Waals surface area (Å²) >= 11 is 0. The Hall–Kier alpha value is -4.45. The maximum Gasteiger partial charge on any atom is 0.408 e. The van der Waals surface area contributed by atoms with Gasteiger partial charge in [-0.05, 0) is 29.9 Å². The van der Waals surface area contributed by atoms with Crippen molar-refractivity contribution >= 4 is 39.6 Å². The van der Waals surface area contributed by atoms with Crippen LogP contribution in [-0.2, 0) is 40.4 Å². The molecule has 1 heterocycles. The Morgan fingerprint density at radius 2 is 1.80 bits per heavy atom. The molecule has 240 valence electrons. The molecular weight excluding hydrogens is 594 g/mol. The van der Waals surface area contributed by atoms with Gasteiger partial charge < -0.3 is 30.7 Å². The molecule has 4 atom stereocenters. The Labute approximate surface area is 256 Å². The standard InChI is InChI=1S/C29H39N5O9S/c1-29(2,3)24(33-25(37)21(17-23(35)36)32-28(40)43-18-19-9-6-5-7-10-19)27(39)34-15-8-11-22(34)26(38)31-20(12-14-30)13-16-44(4,41)42/h5-7,9-10,13,16,20-22,24H,8,11-12,15,17-18H2,1-4H3,(H,31,38)(H,32,40)(H,33,37)(H,35,36)/b16-13+/t20-,21-,22+,24+/m0/s1. The topological polar surface area (TPSA) is 212 Å². The molecule has 1 aromatic rings. The summed E-state index contributed by atoms with van der Waals surface area (Å²) in [7, 11) is -3.51. The number of ether oxygens (including phenoxy) is 1. The van der Waals surface area contributed by atoms with E-state index in [1.165, 1.54) is 11.0 Å². The SMILES string of the molecule is CC(C)(C)[C@H](NC(=O)[C@H](CC(=O)O)NC(=O)OCc1ccccc1)C(=O)N1CCC[C@@H]1C(=O)N[C@H](/C=C/S(C)(=O)=O)CC#N. The number of benzene rings is 1. The smallest absolute Gasteiger partial charge is 0.408 e. The third-order valence-electron chi connectivity index (χ3n) is 6.64. The van der Waals surface area contributed by atoms with E-state index in [2.05, 4.69) is 16.0 Å². The summed E-state index contributed by atoms with van der Waals surface area (Å²) in [5.41, 5.74) is -0.227. The number of hydrogen-bond acceptors (Lipinski definition) is 9. The van der Waals surface area contributed by atoms with Crippen LogP contribution in [0.4, 0.5) is 4.79 Å². The van der Waals surface area contributed by atoms with Gasteiger partial charge in [0, 0.05) is 18.2 Å². The summed E-state index contributed by atoms with van der Waals surface area (Å²) in [5.74, 6) is -3.51. The summed E-state index contributed by atoms with van der Waals surface area (Å²) in [5, 5.41) is 26.8. The van der Waals surface area contributed by atoms with Gasteiger partial charge in [-0.15, -0.1) is 0 Å². The van der Waals surface area contributed by atoms with Crippen LogP contribution in [-0.4, -0.2) is 85.2 Å². The van der Waals surface area contributed by atoms with Gasteiger partial charge in [-0.2, -0.15) is 5.26 Å². The monoisotopic (exact) mass is 633 g/mol. The minimum absolute atomic E-state index is 0.116. The number of nitriles is 1. The Balaban J connectivity index is 2.18. The summed E-state index contributed by atoms with van der Waals surface area (Å²) in [6.45, 7) is 5.09. The van der Waals surface area contributed by atoms with Crippen LogP contribution in [0.3, 0.4) is 0 Å². The molecule has 0 unspecified atom stereocenters. The second-order valence-corrected chi connectivity index (χ2v) is 13.4. The van der Waals surface area contributed by atoms with Crippen molar-refractivity contribution in [1.82, 2.24) is 20.9 Å². The molecule has 0 aliphatic carbocycles. The fourth-order valence-electron chi connectivity index (χ4n) is 4.43. The number of carboxylic acids is 1. The largest absolute Gasteiger partial charge is 0.481 e. The molecular formula is C29H39N5O9S. The lowest BCUT2D eigenvalue weighted by Crippen LogP contribution is -2.60. The molecule has 14 nitrogen and oxygen atoms in total. The van der Waals surface area contributed by atoms with Gasteiger partial charge in [0.2, 0.25) is 17.7 Å². The Morgan fingerprint density at radius 1 is 1.14 bits per heavy atom. The number of alkyl carbamates (subject to hydrolysis) is 1. The molecule has 1 aromatic carbocycles. The van der Waals surface area contributed by atoms with Crippen LogP contribution < -0.4 is 16.0 Å². The van der Waals surface area contributed by atoms with Crippen LogP contribution >= 0.6 is 0 Å². The second kappa shape index (κ2) is 15.9. The van der Waals surface area contributed by atoms with Crippen molar-refractivity contribution in [3.63, 3.8) is 0 Å². The molecule has 15 heteroatoms. The second-order valence-electron chi connectivity index (χ2n) is 11.5. The first kappa shape index (κ1) is 35.7. The molecule has 1 aliphatic rings. The van der Waals surface area contributed by atoms with E-state index in [1.807, 2.05) is 6.07 Å². The maximum atomic E-state index is 13.8. The van der Waals surface area contributed by atoms with Crippen molar-refractivity contribution in [3.8, 4) is 6.07 Å². The van der Waals surface area contributed by atoms with Gasteiger partial charge in [0.05, 0.1) is 25.0 Å². The Morgan fingerprint density at radius 3 is 2.36 bits per heavy atom. The highest BCUT2D eigenvalue weighted by Crippen LogP contribution is 2.26. The lowest BCUT2D eigenvalue weighted by molar-refractivity contribution is -0.145. The number of hydrogen-bond donors (Lipinski definition) is 4. The maximum absolute atomic E-state index is 13.8. The highest BCUT2D eigenvalue weighted by atomic mass is 32.2. The number of likely N-dealkylation sites (tertiary alicyclic amines) is 1. The number of carbonyl (C=O) groups excluding carboxylic acids is 4. The number of nitrogens with zero attached hydrogens (tertiary/aromatic N) is 2. The van der Waals surface area contributed by atoms with Crippen LogP contribution in [0.25, 0.3) is 0 Å². The minimum atomic E-state index is -3.51. The van der Waals surface area contributed by atoms with Crippen molar-refractivity contribution in [2.45, 2.75) is 77.2 Å². The zero-order valence-electron chi connectivity index (χ0n) is 25.1. The lowest BCUT2D eigenvalue weighted by Gasteiger charge is -2.36. The number of sulfone groups is 1. The van der Waals surface area contributed by atoms with Gasteiger partial charge >= 0.3 is 12.1 Å². The first-order valence-corrected chi connectivity index (χ1v) is 15.8. The predicted molar refractivity (Wildman–Crippen MR) is 158 cm³/mol. The first-order valence-electron chi connectivity index (χ1n) is 13.9. The van der Waals surface area contributed by atoms with Gasteiger partial charge in [0.1, 0.15) is 24.7 Å². The molecule has 0 radical (unpaired) electrons. The van der Waals surface area contributed by atoms with Crippen LogP contribution in [0, 0.1) is 16.7 Å². The van der Waals surface area contributed by atoms with Crippen LogP contribution in [0.2, 0.25) is 0 Å². The van der Waals surface area contributed by atoms with E-state index in [0.29, 0.717) is 12.0 Å². The van der Waals surface area contributed by atoms with Crippen molar-refractivity contribution in [1.29, 1.82) is 5.26 Å². The van der Waals surface area contributed by atoms with Gasteiger partial charge in [-0.1, -0.05) is 51.1 Å². The molecule has 1 saturated heterocycles. The molecule has 1 fully saturated rings. The van der Waals surface area contributed by atoms with Crippen LogP contribution in [0.15, 0.2) is 41.8 Å². The fourth-order valence-corrected chi connectivity index (χ4v) is 4.91. The average Bonchev–Trinajstić information content (AvgIpc) is 3.42. The summed E-state index contributed by atoms with van der Waals surface area (Å²) in [4.78, 5) is 65.4.